The van der Waals surface area contributed by atoms with Gasteiger partial charge in [0.1, 0.15) is 12.4 Å². The zero-order valence-corrected chi connectivity index (χ0v) is 31.3. The van der Waals surface area contributed by atoms with Crippen molar-refractivity contribution in [2.24, 2.45) is 4.99 Å². The topological polar surface area (TPSA) is 126 Å². The van der Waals surface area contributed by atoms with Crippen molar-refractivity contribution in [2.45, 2.75) is 46.4 Å². The average molecular weight is 848 g/mol. The first-order valence-electron chi connectivity index (χ1n) is 14.9. The second-order valence-electron chi connectivity index (χ2n) is 11.0. The van der Waals surface area contributed by atoms with Crippen molar-refractivity contribution in [3.05, 3.63) is 116 Å². The van der Waals surface area contributed by atoms with Crippen LogP contribution in [0.2, 0.25) is 0 Å². The Morgan fingerprint density at radius 1 is 1.12 bits per heavy atom. The zero-order chi connectivity index (χ0) is 34.7. The number of carbonyl (C=O) groups is 2. The fourth-order valence-electron chi connectivity index (χ4n) is 5.16. The number of nitrogens with zero attached hydrogens (tertiary/aromatic N) is 2. The van der Waals surface area contributed by atoms with Gasteiger partial charge in [-0.25, -0.2) is 14.6 Å². The second-order valence-corrected chi connectivity index (χ2v) is 14.0. The molecule has 0 saturated heterocycles. The number of carboxylic acids is 1. The maximum absolute atomic E-state index is 14.1. The quantitative estimate of drug-likeness (QED) is 0.139. The zero-order valence-electron chi connectivity index (χ0n) is 26.7. The third-order valence-electron chi connectivity index (χ3n) is 7.29. The number of benzene rings is 3. The number of ether oxygens (including phenoxy) is 4. The summed E-state index contributed by atoms with van der Waals surface area (Å²) in [5.74, 6) is 0.0985. The van der Waals surface area contributed by atoms with E-state index in [-0.39, 0.29) is 36.0 Å². The van der Waals surface area contributed by atoms with E-state index in [4.69, 9.17) is 24.1 Å². The van der Waals surface area contributed by atoms with Gasteiger partial charge in [0.25, 0.3) is 5.56 Å². The lowest BCUT2D eigenvalue weighted by molar-refractivity contribution is -0.139. The van der Waals surface area contributed by atoms with Gasteiger partial charge in [-0.3, -0.25) is 9.36 Å². The summed E-state index contributed by atoms with van der Waals surface area (Å²) in [5, 5.41) is 9.14. The van der Waals surface area contributed by atoms with Crippen molar-refractivity contribution in [1.82, 2.24) is 4.57 Å². The number of fused-ring (bicyclic) bond motifs is 1. The first-order chi connectivity index (χ1) is 22.9. The monoisotopic (exact) mass is 846 g/mol. The molecule has 0 spiro atoms. The Hall–Kier alpha value is -3.95. The summed E-state index contributed by atoms with van der Waals surface area (Å²) in [5.41, 5.74) is 2.84. The molecule has 2 heterocycles. The highest BCUT2D eigenvalue weighted by Crippen LogP contribution is 2.37. The van der Waals surface area contributed by atoms with Crippen molar-refractivity contribution in [1.29, 1.82) is 0 Å². The number of hydrogen-bond acceptors (Lipinski definition) is 9. The molecule has 3 aromatic carbocycles. The minimum atomic E-state index is -0.987. The van der Waals surface area contributed by atoms with E-state index in [2.05, 4.69) is 43.5 Å². The number of hydrogen-bond donors (Lipinski definition) is 1. The largest absolute Gasteiger partial charge is 0.493 e. The van der Waals surface area contributed by atoms with Crippen LogP contribution in [0.3, 0.4) is 0 Å². The Balaban J connectivity index is 1.54. The summed E-state index contributed by atoms with van der Waals surface area (Å²) < 4.78 is 26.5. The Labute approximate surface area is 302 Å². The predicted molar refractivity (Wildman–Crippen MR) is 194 cm³/mol. The lowest BCUT2D eigenvalue weighted by Gasteiger charge is -2.25. The molecule has 1 atom stereocenters. The first-order valence-corrected chi connectivity index (χ1v) is 17.6. The molecule has 48 heavy (non-hydrogen) atoms. The Bertz CT molecular complexity index is 2080. The van der Waals surface area contributed by atoms with Gasteiger partial charge in [0.15, 0.2) is 16.3 Å². The van der Waals surface area contributed by atoms with Gasteiger partial charge in [-0.2, -0.15) is 0 Å². The highest BCUT2D eigenvalue weighted by molar-refractivity contribution is 14.1. The van der Waals surface area contributed by atoms with E-state index >= 15 is 0 Å². The minimum absolute atomic E-state index is 0.0822. The van der Waals surface area contributed by atoms with Crippen LogP contribution in [0.1, 0.15) is 60.8 Å². The van der Waals surface area contributed by atoms with Crippen molar-refractivity contribution in [3.8, 4) is 17.2 Å². The minimum Gasteiger partial charge on any atom is -0.493 e. The Morgan fingerprint density at radius 2 is 1.85 bits per heavy atom. The number of carbonyl (C=O) groups excluding carboxylic acids is 1. The molecule has 0 bridgehead atoms. The van der Waals surface area contributed by atoms with Crippen molar-refractivity contribution >= 4 is 67.9 Å². The van der Waals surface area contributed by atoms with Crippen LogP contribution < -0.4 is 29.1 Å². The number of carboxylic acid groups (broad SMARTS) is 1. The molecule has 0 amide bonds. The SMILES string of the molecule is CCOC(=O)C1=C(C)N=c2s/c(=C\c3cc(Br)c(OCc4ccc(C(=O)O)cc4)c(I)c3)c(=O)n2[C@@H]1c1ccc(OC(C)C)c(OC)c1. The van der Waals surface area contributed by atoms with Gasteiger partial charge in [0.05, 0.1) is 55.3 Å². The number of aromatic nitrogens is 1. The fraction of sp³-hybridized carbons (Fsp3) is 0.257. The van der Waals surface area contributed by atoms with Crippen LogP contribution in [0, 0.1) is 3.57 Å². The normalized spacial score (nSPS) is 14.4. The summed E-state index contributed by atoms with van der Waals surface area (Å²) in [4.78, 5) is 43.7. The van der Waals surface area contributed by atoms with E-state index in [1.54, 1.807) is 51.3 Å². The second kappa shape index (κ2) is 15.1. The predicted octanol–water partition coefficient (Wildman–Crippen LogP) is 6.24. The maximum atomic E-state index is 14.1. The van der Waals surface area contributed by atoms with Crippen LogP contribution >= 0.6 is 49.9 Å². The summed E-state index contributed by atoms with van der Waals surface area (Å²) in [6, 6.07) is 14.8. The van der Waals surface area contributed by atoms with Crippen LogP contribution in [-0.4, -0.2) is 41.4 Å². The smallest absolute Gasteiger partial charge is 0.338 e. The number of thiazole rings is 1. The van der Waals surface area contributed by atoms with E-state index < -0.39 is 18.0 Å². The summed E-state index contributed by atoms with van der Waals surface area (Å²) in [6.07, 6.45) is 1.70. The molecule has 0 radical (unpaired) electrons. The molecule has 13 heteroatoms. The van der Waals surface area contributed by atoms with Crippen molar-refractivity contribution in [3.63, 3.8) is 0 Å². The lowest BCUT2D eigenvalue weighted by Crippen LogP contribution is -2.40. The van der Waals surface area contributed by atoms with Gasteiger partial charge in [-0.05, 0) is 125 Å². The van der Waals surface area contributed by atoms with E-state index in [1.807, 2.05) is 32.0 Å². The van der Waals surface area contributed by atoms with E-state index in [0.29, 0.717) is 42.3 Å². The van der Waals surface area contributed by atoms with Crippen molar-refractivity contribution < 1.29 is 33.6 Å². The number of allylic oxidation sites excluding steroid dienone is 1. The van der Waals surface area contributed by atoms with Gasteiger partial charge in [-0.1, -0.05) is 29.5 Å². The van der Waals surface area contributed by atoms with Gasteiger partial charge in [-0.15, -0.1) is 0 Å². The number of rotatable bonds is 11. The Kier molecular flexibility index (Phi) is 11.1. The molecule has 5 rings (SSSR count). The van der Waals surface area contributed by atoms with E-state index in [9.17, 15) is 14.4 Å². The third kappa shape index (κ3) is 7.52. The molecule has 1 aromatic heterocycles. The standard InChI is InChI=1S/C35H32BrIN2O8S/c1-6-45-34(43)29-19(4)38-35-39(30(29)23-11-12-26(47-18(2)3)27(16-23)44-5)32(40)28(48-35)15-21-13-24(36)31(25(37)14-21)46-17-20-7-9-22(10-8-20)33(41)42/h7-16,18,30H,6,17H2,1-5H3,(H,41,42)/b28-15-/t30-/m1/s1. The Morgan fingerprint density at radius 3 is 2.48 bits per heavy atom. The molecule has 0 unspecified atom stereocenters. The maximum Gasteiger partial charge on any atom is 0.338 e. The average Bonchev–Trinajstić information content (AvgIpc) is 3.33. The molecular weight excluding hydrogens is 815 g/mol. The molecule has 250 valence electrons. The molecule has 0 fully saturated rings. The van der Waals surface area contributed by atoms with Gasteiger partial charge < -0.3 is 24.1 Å². The number of halogens is 2. The van der Waals surface area contributed by atoms with Crippen LogP contribution in [-0.2, 0) is 16.1 Å². The number of aromatic carboxylic acids is 1. The first kappa shape index (κ1) is 35.4. The van der Waals surface area contributed by atoms with Crippen LogP contribution in [0.15, 0.2) is 80.1 Å². The summed E-state index contributed by atoms with van der Waals surface area (Å²) >= 11 is 7.01. The molecule has 0 saturated carbocycles. The molecule has 1 aliphatic heterocycles. The van der Waals surface area contributed by atoms with Crippen molar-refractivity contribution in [2.75, 3.05) is 13.7 Å². The van der Waals surface area contributed by atoms with Gasteiger partial charge in [0, 0.05) is 0 Å². The number of esters is 1. The third-order valence-corrected chi connectivity index (χ3v) is 9.66. The number of methoxy groups -OCH3 is 1. The molecular formula is C35H32BrIN2O8S. The highest BCUT2D eigenvalue weighted by Gasteiger charge is 2.34. The van der Waals surface area contributed by atoms with Crippen LogP contribution in [0.5, 0.6) is 17.2 Å². The molecule has 0 aliphatic carbocycles. The van der Waals surface area contributed by atoms with Gasteiger partial charge in [0.2, 0.25) is 0 Å². The molecule has 1 N–H and O–H groups in total. The highest BCUT2D eigenvalue weighted by atomic mass is 127. The summed E-state index contributed by atoms with van der Waals surface area (Å²) in [6.45, 7) is 7.71. The molecule has 4 aromatic rings. The lowest BCUT2D eigenvalue weighted by atomic mass is 9.95. The molecule has 10 nitrogen and oxygen atoms in total. The van der Waals surface area contributed by atoms with Crippen LogP contribution in [0.25, 0.3) is 6.08 Å². The van der Waals surface area contributed by atoms with E-state index in [1.165, 1.54) is 28.0 Å². The van der Waals surface area contributed by atoms with Gasteiger partial charge >= 0.3 is 11.9 Å². The fourth-order valence-corrected chi connectivity index (χ4v) is 7.98. The van der Waals surface area contributed by atoms with Crippen LogP contribution in [0.4, 0.5) is 0 Å². The molecule has 1 aliphatic rings. The van der Waals surface area contributed by atoms with E-state index in [0.717, 1.165) is 14.7 Å². The summed E-state index contributed by atoms with van der Waals surface area (Å²) in [7, 11) is 1.54.